The van der Waals surface area contributed by atoms with E-state index in [4.69, 9.17) is 4.74 Å². The largest absolute Gasteiger partial charge is 0.491 e. The number of nitrogens with zero attached hydrogens (tertiary/aromatic N) is 2. The van der Waals surface area contributed by atoms with E-state index in [-0.39, 0.29) is 6.61 Å². The minimum absolute atomic E-state index is 0.0991. The molecule has 0 amide bonds. The zero-order valence-corrected chi connectivity index (χ0v) is 18.7. The first-order valence-corrected chi connectivity index (χ1v) is 11.5. The van der Waals surface area contributed by atoms with Crippen LogP contribution in [-0.4, -0.2) is 22.7 Å². The van der Waals surface area contributed by atoms with Gasteiger partial charge in [-0.25, -0.2) is 14.4 Å². The third-order valence-electron chi connectivity index (χ3n) is 5.42. The van der Waals surface area contributed by atoms with Gasteiger partial charge in [-0.3, -0.25) is 0 Å². The summed E-state index contributed by atoms with van der Waals surface area (Å²) in [5, 5.41) is 0. The molecule has 4 heteroatoms. The molecule has 3 aromatic rings. The van der Waals surface area contributed by atoms with Crippen molar-refractivity contribution in [3.8, 4) is 28.3 Å². The van der Waals surface area contributed by atoms with Crippen molar-refractivity contribution in [1.82, 2.24) is 9.97 Å². The third-order valence-corrected chi connectivity index (χ3v) is 5.42. The maximum Gasteiger partial charge on any atom is 0.159 e. The van der Waals surface area contributed by atoms with E-state index >= 15 is 0 Å². The van der Waals surface area contributed by atoms with Crippen LogP contribution in [0.3, 0.4) is 0 Å². The summed E-state index contributed by atoms with van der Waals surface area (Å²) in [6.45, 7) is 4.39. The van der Waals surface area contributed by atoms with Crippen LogP contribution in [0.25, 0.3) is 22.5 Å². The Morgan fingerprint density at radius 3 is 2.06 bits per heavy atom. The second-order valence-corrected chi connectivity index (χ2v) is 8.02. The number of halogens is 1. The van der Waals surface area contributed by atoms with E-state index in [0.29, 0.717) is 18.0 Å². The highest BCUT2D eigenvalue weighted by molar-refractivity contribution is 5.64. The first-order valence-electron chi connectivity index (χ1n) is 11.5. The van der Waals surface area contributed by atoms with Gasteiger partial charge in [0, 0.05) is 23.5 Å². The van der Waals surface area contributed by atoms with Gasteiger partial charge in [-0.2, -0.15) is 0 Å². The summed E-state index contributed by atoms with van der Waals surface area (Å²) in [6.07, 6.45) is 10.1. The van der Waals surface area contributed by atoms with Gasteiger partial charge in [-0.15, -0.1) is 0 Å². The number of aromatic nitrogens is 2. The first-order chi connectivity index (χ1) is 15.2. The molecule has 0 aliphatic heterocycles. The fourth-order valence-corrected chi connectivity index (χ4v) is 3.46. The van der Waals surface area contributed by atoms with Gasteiger partial charge >= 0.3 is 0 Å². The van der Waals surface area contributed by atoms with Crippen LogP contribution in [0, 0.1) is 0 Å². The highest BCUT2D eigenvalue weighted by Gasteiger charge is 2.08. The standard InChI is InChI=1S/C27H33FN2O/c1-3-5-7-8-21-10-12-22(13-11-21)24-18-29-27(30-19-24)23-14-16-26(17-15-23)31-20-25(28)9-6-4-2/h10-19,25H,3-9,20H2,1-2H3. The fraction of sp³-hybridized carbons (Fsp3) is 0.407. The van der Waals surface area contributed by atoms with Crippen LogP contribution in [0.5, 0.6) is 5.75 Å². The molecule has 31 heavy (non-hydrogen) atoms. The second-order valence-electron chi connectivity index (χ2n) is 8.02. The molecular weight excluding hydrogens is 387 g/mol. The lowest BCUT2D eigenvalue weighted by Crippen LogP contribution is -2.12. The smallest absolute Gasteiger partial charge is 0.159 e. The van der Waals surface area contributed by atoms with Gasteiger partial charge in [0.2, 0.25) is 0 Å². The van der Waals surface area contributed by atoms with Crippen LogP contribution in [0.4, 0.5) is 4.39 Å². The molecule has 0 spiro atoms. The summed E-state index contributed by atoms with van der Waals surface area (Å²) in [7, 11) is 0. The van der Waals surface area contributed by atoms with Gasteiger partial charge in [-0.1, -0.05) is 63.8 Å². The number of unbranched alkanes of at least 4 members (excludes halogenated alkanes) is 3. The predicted molar refractivity (Wildman–Crippen MR) is 126 cm³/mol. The number of aryl methyl sites for hydroxylation is 1. The molecule has 2 aromatic carbocycles. The lowest BCUT2D eigenvalue weighted by Gasteiger charge is -2.10. The van der Waals surface area contributed by atoms with Crippen molar-refractivity contribution in [2.75, 3.05) is 6.61 Å². The molecule has 3 rings (SSSR count). The van der Waals surface area contributed by atoms with Crippen molar-refractivity contribution in [2.45, 2.75) is 65.0 Å². The molecule has 0 N–H and O–H groups in total. The second kappa shape index (κ2) is 12.2. The normalized spacial score (nSPS) is 12.0. The lowest BCUT2D eigenvalue weighted by molar-refractivity contribution is 0.184. The Kier molecular flexibility index (Phi) is 9.01. The molecule has 1 heterocycles. The molecule has 1 aromatic heterocycles. The minimum atomic E-state index is -0.916. The molecule has 3 nitrogen and oxygen atoms in total. The highest BCUT2D eigenvalue weighted by atomic mass is 19.1. The molecule has 0 saturated heterocycles. The molecule has 0 radical (unpaired) electrons. The van der Waals surface area contributed by atoms with Crippen molar-refractivity contribution < 1.29 is 9.13 Å². The molecule has 0 fully saturated rings. The van der Waals surface area contributed by atoms with Crippen LogP contribution >= 0.6 is 0 Å². The molecule has 0 saturated carbocycles. The molecular formula is C27H33FN2O. The van der Waals surface area contributed by atoms with Crippen molar-refractivity contribution in [2.24, 2.45) is 0 Å². The third kappa shape index (κ3) is 7.16. The maximum absolute atomic E-state index is 13.7. The van der Waals surface area contributed by atoms with E-state index in [9.17, 15) is 4.39 Å². The van der Waals surface area contributed by atoms with E-state index in [1.54, 1.807) is 0 Å². The van der Waals surface area contributed by atoms with E-state index in [1.165, 1.54) is 24.8 Å². The number of hydrogen-bond acceptors (Lipinski definition) is 3. The first kappa shape index (κ1) is 22.9. The number of benzene rings is 2. The van der Waals surface area contributed by atoms with Gasteiger partial charge < -0.3 is 4.74 Å². The van der Waals surface area contributed by atoms with E-state index in [2.05, 4.69) is 48.1 Å². The molecule has 0 aliphatic carbocycles. The average molecular weight is 421 g/mol. The van der Waals surface area contributed by atoms with Crippen molar-refractivity contribution >= 4 is 0 Å². The van der Waals surface area contributed by atoms with Crippen molar-refractivity contribution in [1.29, 1.82) is 0 Å². The molecule has 1 unspecified atom stereocenters. The summed E-state index contributed by atoms with van der Waals surface area (Å²) in [5.74, 6) is 1.33. The summed E-state index contributed by atoms with van der Waals surface area (Å²) in [4.78, 5) is 9.07. The molecule has 0 aliphatic rings. The Morgan fingerprint density at radius 1 is 0.774 bits per heavy atom. The Bertz CT molecular complexity index is 892. The zero-order valence-electron chi connectivity index (χ0n) is 18.7. The number of hydrogen-bond donors (Lipinski definition) is 0. The number of alkyl halides is 1. The van der Waals surface area contributed by atoms with Crippen LogP contribution in [-0.2, 0) is 6.42 Å². The molecule has 1 atom stereocenters. The zero-order chi connectivity index (χ0) is 21.9. The maximum atomic E-state index is 13.7. The summed E-state index contributed by atoms with van der Waals surface area (Å²) < 4.78 is 19.3. The van der Waals surface area contributed by atoms with E-state index < -0.39 is 6.17 Å². The van der Waals surface area contributed by atoms with Crippen molar-refractivity contribution in [3.63, 3.8) is 0 Å². The monoisotopic (exact) mass is 420 g/mol. The van der Waals surface area contributed by atoms with Crippen LogP contribution < -0.4 is 4.74 Å². The average Bonchev–Trinajstić information content (AvgIpc) is 2.82. The van der Waals surface area contributed by atoms with Crippen LogP contribution in [0.2, 0.25) is 0 Å². The Labute approximate surface area is 185 Å². The summed E-state index contributed by atoms with van der Waals surface area (Å²) in [6, 6.07) is 16.2. The minimum Gasteiger partial charge on any atom is -0.491 e. The van der Waals surface area contributed by atoms with E-state index in [0.717, 1.165) is 36.0 Å². The quantitative estimate of drug-likeness (QED) is 0.285. The van der Waals surface area contributed by atoms with E-state index in [1.807, 2.05) is 36.7 Å². The lowest BCUT2D eigenvalue weighted by atomic mass is 10.0. The predicted octanol–water partition coefficient (Wildman–Crippen LogP) is 7.45. The van der Waals surface area contributed by atoms with Gasteiger partial charge in [0.05, 0.1) is 0 Å². The van der Waals surface area contributed by atoms with Gasteiger partial charge in [0.15, 0.2) is 5.82 Å². The highest BCUT2D eigenvalue weighted by Crippen LogP contribution is 2.23. The topological polar surface area (TPSA) is 35.0 Å². The summed E-state index contributed by atoms with van der Waals surface area (Å²) >= 11 is 0. The van der Waals surface area contributed by atoms with Crippen LogP contribution in [0.15, 0.2) is 60.9 Å². The van der Waals surface area contributed by atoms with Gasteiger partial charge in [0.25, 0.3) is 0 Å². The molecule has 164 valence electrons. The fourth-order valence-electron chi connectivity index (χ4n) is 3.46. The SMILES string of the molecule is CCCCCc1ccc(-c2cnc(-c3ccc(OCC(F)CCCC)cc3)nc2)cc1. The number of rotatable bonds is 12. The number of ether oxygens (including phenoxy) is 1. The summed E-state index contributed by atoms with van der Waals surface area (Å²) in [5.41, 5.74) is 4.41. The van der Waals surface area contributed by atoms with Gasteiger partial charge in [-0.05, 0) is 54.7 Å². The Balaban J connectivity index is 1.57. The Morgan fingerprint density at radius 2 is 1.42 bits per heavy atom. The van der Waals surface area contributed by atoms with Crippen LogP contribution in [0.1, 0.15) is 57.9 Å². The van der Waals surface area contributed by atoms with Gasteiger partial charge in [0.1, 0.15) is 18.5 Å². The van der Waals surface area contributed by atoms with Crippen molar-refractivity contribution in [3.05, 3.63) is 66.5 Å². The Hall–Kier alpha value is -2.75. The molecule has 0 bridgehead atoms.